The molecule has 1 amide bonds. The fourth-order valence-corrected chi connectivity index (χ4v) is 1.79. The summed E-state index contributed by atoms with van der Waals surface area (Å²) < 4.78 is 5.19. The van der Waals surface area contributed by atoms with Crippen molar-refractivity contribution in [3.8, 4) is 17.0 Å². The van der Waals surface area contributed by atoms with E-state index in [2.05, 4.69) is 10.3 Å². The van der Waals surface area contributed by atoms with Gasteiger partial charge in [-0.05, 0) is 12.5 Å². The number of H-pyrrole nitrogens is 1. The van der Waals surface area contributed by atoms with Gasteiger partial charge in [0.1, 0.15) is 11.8 Å². The maximum atomic E-state index is 11.7. The first kappa shape index (κ1) is 13.9. The Labute approximate surface area is 117 Å². The Kier molecular flexibility index (Phi) is 4.20. The van der Waals surface area contributed by atoms with Crippen LogP contribution in [-0.2, 0) is 9.59 Å². The average Bonchev–Trinajstić information content (AvgIpc) is 2.87. The molecular formula is C15H16N2O3. The summed E-state index contributed by atoms with van der Waals surface area (Å²) in [6.45, 7) is 2.93. The zero-order valence-corrected chi connectivity index (χ0v) is 11.3. The topological polar surface area (TPSA) is 71.2 Å². The van der Waals surface area contributed by atoms with Gasteiger partial charge < -0.3 is 15.0 Å². The number of carbonyl (C=O) groups excluding carboxylic acids is 2. The Morgan fingerprint density at radius 3 is 2.60 bits per heavy atom. The van der Waals surface area contributed by atoms with Gasteiger partial charge in [0.2, 0.25) is 5.91 Å². The van der Waals surface area contributed by atoms with Gasteiger partial charge in [0.05, 0.1) is 0 Å². The highest BCUT2D eigenvalue weighted by Gasteiger charge is 2.16. The summed E-state index contributed by atoms with van der Waals surface area (Å²) in [7, 11) is 0. The largest absolute Gasteiger partial charge is 0.423 e. The summed E-state index contributed by atoms with van der Waals surface area (Å²) in [4.78, 5) is 25.7. The van der Waals surface area contributed by atoms with Crippen LogP contribution in [0.3, 0.4) is 0 Å². The van der Waals surface area contributed by atoms with Crippen molar-refractivity contribution in [3.05, 3.63) is 42.6 Å². The van der Waals surface area contributed by atoms with Crippen LogP contribution in [0.15, 0.2) is 42.6 Å². The number of carbonyl (C=O) groups is 2. The van der Waals surface area contributed by atoms with Gasteiger partial charge in [-0.3, -0.25) is 4.79 Å². The van der Waals surface area contributed by atoms with Crippen LogP contribution in [0, 0.1) is 0 Å². The second-order valence-electron chi connectivity index (χ2n) is 4.46. The lowest BCUT2D eigenvalue weighted by molar-refractivity contribution is -0.138. The predicted molar refractivity (Wildman–Crippen MR) is 75.1 cm³/mol. The molecule has 0 aliphatic rings. The molecule has 0 aliphatic carbocycles. The number of hydrogen-bond acceptors (Lipinski definition) is 3. The molecule has 0 spiro atoms. The maximum absolute atomic E-state index is 11.7. The van der Waals surface area contributed by atoms with Gasteiger partial charge in [0, 0.05) is 24.9 Å². The highest BCUT2D eigenvalue weighted by atomic mass is 16.5. The zero-order chi connectivity index (χ0) is 14.5. The van der Waals surface area contributed by atoms with Crippen LogP contribution in [0.1, 0.15) is 13.8 Å². The van der Waals surface area contributed by atoms with Crippen LogP contribution in [-0.4, -0.2) is 22.9 Å². The third kappa shape index (κ3) is 3.47. The van der Waals surface area contributed by atoms with Gasteiger partial charge in [-0.2, -0.15) is 0 Å². The van der Waals surface area contributed by atoms with E-state index in [4.69, 9.17) is 4.74 Å². The fourth-order valence-electron chi connectivity index (χ4n) is 1.79. The van der Waals surface area contributed by atoms with Crippen LogP contribution in [0.2, 0.25) is 0 Å². The Bertz CT molecular complexity index is 605. The SMILES string of the molecule is CC(=O)N[C@@H](C)C(=O)Oc1c[nH]c(-c2ccccc2)c1. The van der Waals surface area contributed by atoms with Crippen LogP contribution in [0.5, 0.6) is 5.75 Å². The van der Waals surface area contributed by atoms with Crippen LogP contribution in [0.25, 0.3) is 11.3 Å². The zero-order valence-electron chi connectivity index (χ0n) is 11.3. The van der Waals surface area contributed by atoms with Crippen molar-refractivity contribution in [1.82, 2.24) is 10.3 Å². The fraction of sp³-hybridized carbons (Fsp3) is 0.200. The molecule has 0 saturated carbocycles. The molecule has 0 bridgehead atoms. The number of amides is 1. The molecule has 5 heteroatoms. The van der Waals surface area contributed by atoms with E-state index in [-0.39, 0.29) is 5.91 Å². The Hall–Kier alpha value is -2.56. The molecule has 1 atom stereocenters. The summed E-state index contributed by atoms with van der Waals surface area (Å²) >= 11 is 0. The molecule has 0 aliphatic heterocycles. The Morgan fingerprint density at radius 2 is 1.95 bits per heavy atom. The highest BCUT2D eigenvalue weighted by Crippen LogP contribution is 2.22. The number of nitrogens with one attached hydrogen (secondary N) is 2. The molecule has 0 saturated heterocycles. The number of aromatic amines is 1. The van der Waals surface area contributed by atoms with Gasteiger partial charge in [-0.15, -0.1) is 0 Å². The molecule has 104 valence electrons. The highest BCUT2D eigenvalue weighted by molar-refractivity contribution is 5.84. The van der Waals surface area contributed by atoms with Gasteiger partial charge in [0.25, 0.3) is 0 Å². The van der Waals surface area contributed by atoms with Crippen molar-refractivity contribution in [2.75, 3.05) is 0 Å². The number of aromatic nitrogens is 1. The first-order chi connectivity index (χ1) is 9.56. The third-order valence-corrected chi connectivity index (χ3v) is 2.73. The minimum absolute atomic E-state index is 0.270. The van der Waals surface area contributed by atoms with Crippen molar-refractivity contribution in [2.24, 2.45) is 0 Å². The molecule has 1 aromatic carbocycles. The first-order valence-electron chi connectivity index (χ1n) is 6.29. The van der Waals surface area contributed by atoms with E-state index in [1.165, 1.54) is 6.92 Å². The van der Waals surface area contributed by atoms with E-state index in [0.717, 1.165) is 11.3 Å². The normalized spacial score (nSPS) is 11.7. The van der Waals surface area contributed by atoms with Gasteiger partial charge >= 0.3 is 5.97 Å². The standard InChI is InChI=1S/C15H16N2O3/c1-10(17-11(2)18)15(19)20-13-8-14(16-9-13)12-6-4-3-5-7-12/h3-10,16H,1-2H3,(H,17,18)/t10-/m0/s1. The van der Waals surface area contributed by atoms with Crippen LogP contribution in [0.4, 0.5) is 0 Å². The van der Waals surface area contributed by atoms with Crippen molar-refractivity contribution in [3.63, 3.8) is 0 Å². The van der Waals surface area contributed by atoms with Gasteiger partial charge in [-0.1, -0.05) is 30.3 Å². The molecule has 20 heavy (non-hydrogen) atoms. The van der Waals surface area contributed by atoms with Gasteiger partial charge in [0.15, 0.2) is 0 Å². The molecule has 1 heterocycles. The summed E-state index contributed by atoms with van der Waals surface area (Å²) in [5.41, 5.74) is 1.87. The molecule has 0 fully saturated rings. The van der Waals surface area contributed by atoms with E-state index in [0.29, 0.717) is 5.75 Å². The first-order valence-corrected chi connectivity index (χ1v) is 6.29. The van der Waals surface area contributed by atoms with E-state index in [1.807, 2.05) is 30.3 Å². The van der Waals surface area contributed by atoms with E-state index in [9.17, 15) is 9.59 Å². The molecular weight excluding hydrogens is 256 g/mol. The number of esters is 1. The number of hydrogen-bond donors (Lipinski definition) is 2. The summed E-state index contributed by atoms with van der Waals surface area (Å²) in [6.07, 6.45) is 1.61. The monoisotopic (exact) mass is 272 g/mol. The lowest BCUT2D eigenvalue weighted by atomic mass is 10.2. The molecule has 1 aromatic heterocycles. The van der Waals surface area contributed by atoms with Crippen molar-refractivity contribution >= 4 is 11.9 Å². The lowest BCUT2D eigenvalue weighted by Crippen LogP contribution is -2.39. The second-order valence-corrected chi connectivity index (χ2v) is 4.46. The molecule has 2 aromatic rings. The van der Waals surface area contributed by atoms with Gasteiger partial charge in [-0.25, -0.2) is 4.79 Å². The summed E-state index contributed by atoms with van der Waals surface area (Å²) in [5.74, 6) is -0.349. The van der Waals surface area contributed by atoms with Crippen LogP contribution >= 0.6 is 0 Å². The second kappa shape index (κ2) is 6.06. The van der Waals surface area contributed by atoms with E-state index >= 15 is 0 Å². The molecule has 0 unspecified atom stereocenters. The average molecular weight is 272 g/mol. The Morgan fingerprint density at radius 1 is 1.25 bits per heavy atom. The minimum atomic E-state index is -0.678. The van der Waals surface area contributed by atoms with Crippen molar-refractivity contribution < 1.29 is 14.3 Å². The molecule has 2 N–H and O–H groups in total. The molecule has 5 nitrogen and oxygen atoms in total. The van der Waals surface area contributed by atoms with Crippen molar-refractivity contribution in [2.45, 2.75) is 19.9 Å². The maximum Gasteiger partial charge on any atom is 0.333 e. The quantitative estimate of drug-likeness (QED) is 0.837. The number of ether oxygens (including phenoxy) is 1. The summed E-state index contributed by atoms with van der Waals surface area (Å²) in [5, 5.41) is 2.48. The number of benzene rings is 1. The lowest BCUT2D eigenvalue weighted by Gasteiger charge is -2.10. The van der Waals surface area contributed by atoms with Crippen molar-refractivity contribution in [1.29, 1.82) is 0 Å². The van der Waals surface area contributed by atoms with E-state index in [1.54, 1.807) is 19.2 Å². The summed E-state index contributed by atoms with van der Waals surface area (Å²) in [6, 6.07) is 10.8. The third-order valence-electron chi connectivity index (χ3n) is 2.73. The van der Waals surface area contributed by atoms with E-state index < -0.39 is 12.0 Å². The number of rotatable bonds is 4. The molecule has 0 radical (unpaired) electrons. The molecule has 2 rings (SSSR count). The predicted octanol–water partition coefficient (Wildman–Crippen LogP) is 2.11. The Balaban J connectivity index is 2.03. The smallest absolute Gasteiger partial charge is 0.333 e. The van der Waals surface area contributed by atoms with Crippen LogP contribution < -0.4 is 10.1 Å². The minimum Gasteiger partial charge on any atom is -0.423 e.